The number of halogens is 5. The molecule has 0 bridgehead atoms. The first-order chi connectivity index (χ1) is 21.1. The first-order valence-electron chi connectivity index (χ1n) is 13.0. The Hall–Kier alpha value is -5.19. The van der Waals surface area contributed by atoms with E-state index < -0.39 is 59.9 Å². The number of carbonyl (C=O) groups is 2. The van der Waals surface area contributed by atoms with Crippen LogP contribution in [0, 0.1) is 0 Å². The smallest absolute Gasteiger partial charge is 0.493 e. The predicted octanol–water partition coefficient (Wildman–Crippen LogP) is 3.04. The Morgan fingerprint density at radius 2 is 1.89 bits per heavy atom. The highest BCUT2D eigenvalue weighted by Crippen LogP contribution is 2.50. The first-order valence-corrected chi connectivity index (χ1v) is 13.0. The number of imidazole rings is 1. The molecule has 6 rings (SSSR count). The van der Waals surface area contributed by atoms with Crippen molar-refractivity contribution in [1.29, 1.82) is 0 Å². The predicted molar refractivity (Wildman–Crippen MR) is 142 cm³/mol. The Kier molecular flexibility index (Phi) is 6.58. The number of nitrogens with two attached hydrogens (primary N) is 1. The maximum Gasteiger partial charge on any atom is 0.586 e. The Morgan fingerprint density at radius 1 is 1.16 bits per heavy atom. The average Bonchev–Trinajstić information content (AvgIpc) is 3.68. The highest BCUT2D eigenvalue weighted by Gasteiger charge is 2.58. The van der Waals surface area contributed by atoms with Crippen LogP contribution in [0.3, 0.4) is 0 Å². The number of nitrogens with zero attached hydrogens (tertiary/aromatic N) is 3. The van der Waals surface area contributed by atoms with Crippen molar-refractivity contribution in [3.8, 4) is 34.3 Å². The molecule has 5 heterocycles. The van der Waals surface area contributed by atoms with Gasteiger partial charge >= 0.3 is 12.5 Å². The van der Waals surface area contributed by atoms with Crippen LogP contribution in [0.1, 0.15) is 28.7 Å². The lowest BCUT2D eigenvalue weighted by molar-refractivity contribution is -0.286. The number of alkyl halides is 5. The molecule has 17 heteroatoms. The minimum absolute atomic E-state index is 0.0730. The molecule has 0 fully saturated rings. The third-order valence-corrected chi connectivity index (χ3v) is 7.65. The van der Waals surface area contributed by atoms with Crippen molar-refractivity contribution < 1.29 is 55.6 Å². The van der Waals surface area contributed by atoms with Crippen LogP contribution in [-0.4, -0.2) is 64.0 Å². The number of nitrogens with one attached hydrogen (secondary N) is 1. The van der Waals surface area contributed by atoms with Gasteiger partial charge in [0.1, 0.15) is 29.2 Å². The van der Waals surface area contributed by atoms with Crippen LogP contribution < -0.4 is 30.0 Å². The van der Waals surface area contributed by atoms with Gasteiger partial charge in [-0.2, -0.15) is 13.2 Å². The van der Waals surface area contributed by atoms with E-state index in [1.807, 2.05) is 0 Å². The standard InChI is InChI=1S/C28H22F5N5O7/c1-25(24(34)40)12-43-21-14(25)10-19(37-20(21)13-3-5-16-18(9-13)45-28(32,33)44-16)26(41,27(29,30)31)11-36-23(39)15-4-6-17(42-2)22-35-7-8-38(15)22/h3-10,41H,11-12H2,1-2H3,(H2,34,40)(H,36,39)/t25-,26?/m0/s1. The molecule has 2 amide bonds. The topological polar surface area (TPSA) is 160 Å². The lowest BCUT2D eigenvalue weighted by Gasteiger charge is -2.31. The number of hydrogen-bond acceptors (Lipinski definition) is 9. The number of methoxy groups -OCH3 is 1. The summed E-state index contributed by atoms with van der Waals surface area (Å²) in [6.07, 6.45) is -6.68. The molecule has 3 aromatic heterocycles. The SMILES string of the molecule is COc1ccc(C(=O)NCC(O)(c2cc3c(c(-c4ccc5c(c4)OC(F)(F)O5)n2)OC[C@]3(C)C(N)=O)C(F)(F)F)n2ccnc12. The van der Waals surface area contributed by atoms with Crippen LogP contribution in [0.2, 0.25) is 0 Å². The van der Waals surface area contributed by atoms with Gasteiger partial charge in [0.2, 0.25) is 11.5 Å². The zero-order chi connectivity index (χ0) is 32.5. The maximum absolute atomic E-state index is 14.7. The third kappa shape index (κ3) is 4.70. The number of hydrogen-bond donors (Lipinski definition) is 3. The minimum atomic E-state index is -5.44. The molecule has 0 radical (unpaired) electrons. The minimum Gasteiger partial charge on any atom is -0.493 e. The van der Waals surface area contributed by atoms with Gasteiger partial charge in [0.25, 0.3) is 5.91 Å². The number of aromatic nitrogens is 3. The molecule has 2 aliphatic heterocycles. The van der Waals surface area contributed by atoms with Crippen molar-refractivity contribution >= 4 is 17.5 Å². The molecule has 4 N–H and O–H groups in total. The van der Waals surface area contributed by atoms with E-state index in [1.54, 1.807) is 0 Å². The van der Waals surface area contributed by atoms with Crippen molar-refractivity contribution in [2.45, 2.75) is 30.4 Å². The molecule has 0 saturated carbocycles. The van der Waals surface area contributed by atoms with Gasteiger partial charge in [-0.25, -0.2) is 9.97 Å². The summed E-state index contributed by atoms with van der Waals surface area (Å²) in [5.41, 5.74) is -1.43. The Bertz CT molecular complexity index is 1880. The fourth-order valence-corrected chi connectivity index (χ4v) is 5.06. The van der Waals surface area contributed by atoms with Gasteiger partial charge in [0, 0.05) is 23.5 Å². The molecule has 45 heavy (non-hydrogen) atoms. The van der Waals surface area contributed by atoms with E-state index >= 15 is 0 Å². The van der Waals surface area contributed by atoms with Crippen LogP contribution in [0.5, 0.6) is 23.0 Å². The van der Waals surface area contributed by atoms with Crippen molar-refractivity contribution in [2.75, 3.05) is 20.3 Å². The Labute approximate surface area is 249 Å². The van der Waals surface area contributed by atoms with Gasteiger partial charge in [-0.15, -0.1) is 8.78 Å². The van der Waals surface area contributed by atoms with Crippen molar-refractivity contribution in [3.63, 3.8) is 0 Å². The summed E-state index contributed by atoms with van der Waals surface area (Å²) in [7, 11) is 1.37. The summed E-state index contributed by atoms with van der Waals surface area (Å²) >= 11 is 0. The second kappa shape index (κ2) is 9.91. The number of benzene rings is 1. The lowest BCUT2D eigenvalue weighted by Crippen LogP contribution is -2.52. The number of primary amides is 1. The molecule has 12 nitrogen and oxygen atoms in total. The van der Waals surface area contributed by atoms with Crippen molar-refractivity contribution in [1.82, 2.24) is 19.7 Å². The summed E-state index contributed by atoms with van der Waals surface area (Å²) < 4.78 is 92.5. The van der Waals surface area contributed by atoms with E-state index in [4.69, 9.17) is 15.2 Å². The number of aliphatic hydroxyl groups is 1. The summed E-state index contributed by atoms with van der Waals surface area (Å²) in [4.78, 5) is 33.7. The van der Waals surface area contributed by atoms with E-state index in [9.17, 15) is 36.6 Å². The van der Waals surface area contributed by atoms with Crippen LogP contribution >= 0.6 is 0 Å². The Balaban J connectivity index is 1.45. The zero-order valence-corrected chi connectivity index (χ0v) is 23.2. The monoisotopic (exact) mass is 635 g/mol. The number of ether oxygens (including phenoxy) is 4. The molecule has 0 spiro atoms. The van der Waals surface area contributed by atoms with E-state index in [-0.39, 0.29) is 39.7 Å². The molecule has 1 unspecified atom stereocenters. The molecular formula is C28H22F5N5O7. The number of fused-ring (bicyclic) bond motifs is 3. The average molecular weight is 636 g/mol. The maximum atomic E-state index is 14.7. The van der Waals surface area contributed by atoms with E-state index in [0.29, 0.717) is 5.75 Å². The molecule has 0 aliphatic carbocycles. The fourth-order valence-electron chi connectivity index (χ4n) is 5.06. The first kappa shape index (κ1) is 29.9. The van der Waals surface area contributed by atoms with Crippen LogP contribution in [0.15, 0.2) is 48.8 Å². The lowest BCUT2D eigenvalue weighted by atomic mass is 9.81. The molecule has 2 aliphatic rings. The molecule has 1 aromatic carbocycles. The number of amides is 2. The number of pyridine rings is 2. The van der Waals surface area contributed by atoms with Crippen LogP contribution in [-0.2, 0) is 15.8 Å². The van der Waals surface area contributed by atoms with Gasteiger partial charge in [-0.1, -0.05) is 0 Å². The molecule has 0 saturated heterocycles. The normalized spacial score (nSPS) is 19.5. The second-order valence-electron chi connectivity index (χ2n) is 10.5. The van der Waals surface area contributed by atoms with Gasteiger partial charge < -0.3 is 35.1 Å². The van der Waals surface area contributed by atoms with Gasteiger partial charge in [-0.05, 0) is 43.3 Å². The fraction of sp³-hybridized carbons (Fsp3) is 0.286. The van der Waals surface area contributed by atoms with Crippen LogP contribution in [0.4, 0.5) is 22.0 Å². The summed E-state index contributed by atoms with van der Waals surface area (Å²) in [6, 6.07) is 6.82. The highest BCUT2D eigenvalue weighted by atomic mass is 19.4. The molecule has 2 atom stereocenters. The van der Waals surface area contributed by atoms with Gasteiger partial charge in [0.15, 0.2) is 22.9 Å². The Morgan fingerprint density at radius 3 is 2.58 bits per heavy atom. The highest BCUT2D eigenvalue weighted by molar-refractivity contribution is 5.94. The van der Waals surface area contributed by atoms with Crippen LogP contribution in [0.25, 0.3) is 16.9 Å². The van der Waals surface area contributed by atoms with Gasteiger partial charge in [0.05, 0.1) is 19.3 Å². The van der Waals surface area contributed by atoms with Crippen molar-refractivity contribution in [2.24, 2.45) is 5.73 Å². The van der Waals surface area contributed by atoms with Crippen molar-refractivity contribution in [3.05, 3.63) is 65.7 Å². The quantitative estimate of drug-likeness (QED) is 0.260. The molecular weight excluding hydrogens is 613 g/mol. The number of rotatable bonds is 7. The molecule has 4 aromatic rings. The second-order valence-corrected chi connectivity index (χ2v) is 10.5. The number of carbonyl (C=O) groups excluding carboxylic acids is 2. The zero-order valence-electron chi connectivity index (χ0n) is 23.2. The largest absolute Gasteiger partial charge is 0.586 e. The van der Waals surface area contributed by atoms with E-state index in [0.717, 1.165) is 18.2 Å². The third-order valence-electron chi connectivity index (χ3n) is 7.65. The summed E-state index contributed by atoms with van der Waals surface area (Å²) in [5.74, 6) is -2.63. The molecule has 236 valence electrons. The van der Waals surface area contributed by atoms with E-state index in [1.165, 1.54) is 49.0 Å². The summed E-state index contributed by atoms with van der Waals surface area (Å²) in [6.45, 7) is -0.494. The van der Waals surface area contributed by atoms with E-state index in [2.05, 4.69) is 24.8 Å². The van der Waals surface area contributed by atoms with Gasteiger partial charge in [-0.3, -0.25) is 14.0 Å². The summed E-state index contributed by atoms with van der Waals surface area (Å²) in [5, 5.41) is 13.4.